The number of aryl methyl sites for hydroxylation is 1. The van der Waals surface area contributed by atoms with E-state index in [1.165, 1.54) is 10.9 Å². The molecule has 0 amide bonds. The fourth-order valence-electron chi connectivity index (χ4n) is 1.48. The lowest BCUT2D eigenvalue weighted by atomic mass is 10.2. The lowest BCUT2D eigenvalue weighted by molar-refractivity contribution is 0.143. The summed E-state index contributed by atoms with van der Waals surface area (Å²) in [5.74, 6) is 0. The molecule has 0 bridgehead atoms. The predicted octanol–water partition coefficient (Wildman–Crippen LogP) is 2.70. The maximum atomic E-state index is 12.7. The highest BCUT2D eigenvalue weighted by atomic mass is 19.3. The minimum atomic E-state index is -2.64. The number of nitrogens with zero attached hydrogens (tertiary/aromatic N) is 2. The first-order chi connectivity index (χ1) is 7.59. The lowest BCUT2D eigenvalue weighted by Crippen LogP contribution is -2.04. The van der Waals surface area contributed by atoms with Crippen molar-refractivity contribution in [1.82, 2.24) is 9.78 Å². The van der Waals surface area contributed by atoms with Crippen LogP contribution in [0.2, 0.25) is 0 Å². The molecule has 2 N–H and O–H groups in total. The number of benzene rings is 1. The van der Waals surface area contributed by atoms with Crippen molar-refractivity contribution in [2.24, 2.45) is 0 Å². The van der Waals surface area contributed by atoms with Crippen LogP contribution >= 0.6 is 0 Å². The number of halogens is 2. The molecule has 0 unspecified atom stereocenters. The summed E-state index contributed by atoms with van der Waals surface area (Å²) in [5, 5.41) is 3.85. The Balaban J connectivity index is 2.52. The van der Waals surface area contributed by atoms with Crippen molar-refractivity contribution in [1.29, 1.82) is 0 Å². The Morgan fingerprint density at radius 1 is 1.25 bits per heavy atom. The van der Waals surface area contributed by atoms with Crippen LogP contribution in [0, 0.1) is 6.92 Å². The summed E-state index contributed by atoms with van der Waals surface area (Å²) < 4.78 is 26.7. The molecule has 0 saturated heterocycles. The van der Waals surface area contributed by atoms with E-state index in [9.17, 15) is 8.78 Å². The summed E-state index contributed by atoms with van der Waals surface area (Å²) >= 11 is 0. The van der Waals surface area contributed by atoms with Gasteiger partial charge in [-0.2, -0.15) is 5.10 Å². The van der Waals surface area contributed by atoms with E-state index < -0.39 is 6.43 Å². The van der Waals surface area contributed by atoms with Gasteiger partial charge in [0, 0.05) is 0 Å². The van der Waals surface area contributed by atoms with Crippen LogP contribution in [0.4, 0.5) is 14.5 Å². The van der Waals surface area contributed by atoms with Crippen LogP contribution in [0.5, 0.6) is 0 Å². The Hall–Kier alpha value is -1.91. The molecule has 0 radical (unpaired) electrons. The zero-order valence-electron chi connectivity index (χ0n) is 8.69. The summed E-state index contributed by atoms with van der Waals surface area (Å²) in [5.41, 5.74) is 6.83. The van der Waals surface area contributed by atoms with Crippen LogP contribution in [0.15, 0.2) is 30.5 Å². The molecule has 5 heteroatoms. The molecule has 1 aromatic heterocycles. The highest BCUT2D eigenvalue weighted by molar-refractivity contribution is 5.47. The number of hydrogen-bond acceptors (Lipinski definition) is 2. The van der Waals surface area contributed by atoms with E-state index in [0.29, 0.717) is 5.69 Å². The topological polar surface area (TPSA) is 43.8 Å². The molecule has 2 aromatic rings. The average molecular weight is 223 g/mol. The maximum absolute atomic E-state index is 12.7. The first-order valence-electron chi connectivity index (χ1n) is 4.78. The van der Waals surface area contributed by atoms with Gasteiger partial charge < -0.3 is 5.73 Å². The second-order valence-corrected chi connectivity index (χ2v) is 3.53. The standard InChI is InChI=1S/C11H11F2N3/c1-7-2-4-8(5-3-7)16-10(11(12)13)9(14)6-15-16/h2-6,11H,14H2,1H3. The SMILES string of the molecule is Cc1ccc(-n2ncc(N)c2C(F)F)cc1. The van der Waals surface area contributed by atoms with Gasteiger partial charge in [-0.15, -0.1) is 0 Å². The molecule has 84 valence electrons. The number of aromatic nitrogens is 2. The Morgan fingerprint density at radius 3 is 2.44 bits per heavy atom. The van der Waals surface area contributed by atoms with Gasteiger partial charge in [0.1, 0.15) is 5.69 Å². The van der Waals surface area contributed by atoms with E-state index in [2.05, 4.69) is 5.10 Å². The van der Waals surface area contributed by atoms with E-state index in [1.807, 2.05) is 19.1 Å². The molecule has 0 aliphatic carbocycles. The van der Waals surface area contributed by atoms with Crippen molar-refractivity contribution in [3.63, 3.8) is 0 Å². The first kappa shape index (κ1) is 10.6. The maximum Gasteiger partial charge on any atom is 0.282 e. The molecule has 0 atom stereocenters. The molecule has 1 aromatic carbocycles. The monoisotopic (exact) mass is 223 g/mol. The third kappa shape index (κ3) is 1.76. The van der Waals surface area contributed by atoms with Gasteiger partial charge in [0.2, 0.25) is 0 Å². The third-order valence-corrected chi connectivity index (χ3v) is 2.32. The van der Waals surface area contributed by atoms with Gasteiger partial charge in [-0.05, 0) is 19.1 Å². The number of nitrogens with two attached hydrogens (primary N) is 1. The Kier molecular flexibility index (Phi) is 2.60. The van der Waals surface area contributed by atoms with Crippen LogP contribution in [-0.4, -0.2) is 9.78 Å². The van der Waals surface area contributed by atoms with Crippen molar-refractivity contribution in [3.8, 4) is 5.69 Å². The van der Waals surface area contributed by atoms with Gasteiger partial charge in [-0.1, -0.05) is 17.7 Å². The molecular weight excluding hydrogens is 212 g/mol. The van der Waals surface area contributed by atoms with Gasteiger partial charge in [0.05, 0.1) is 17.6 Å². The molecule has 0 spiro atoms. The number of anilines is 1. The van der Waals surface area contributed by atoms with Crippen LogP contribution in [0.1, 0.15) is 17.7 Å². The molecule has 0 fully saturated rings. The predicted molar refractivity (Wildman–Crippen MR) is 57.7 cm³/mol. The summed E-state index contributed by atoms with van der Waals surface area (Å²) in [6.45, 7) is 1.93. The second kappa shape index (κ2) is 3.92. The fraction of sp³-hybridized carbons (Fsp3) is 0.182. The third-order valence-electron chi connectivity index (χ3n) is 2.32. The van der Waals surface area contributed by atoms with Crippen LogP contribution in [0.25, 0.3) is 5.69 Å². The highest BCUT2D eigenvalue weighted by Crippen LogP contribution is 2.27. The van der Waals surface area contributed by atoms with Gasteiger partial charge in [-0.25, -0.2) is 13.5 Å². The zero-order valence-corrected chi connectivity index (χ0v) is 8.69. The molecule has 3 nitrogen and oxygen atoms in total. The molecule has 1 heterocycles. The van der Waals surface area contributed by atoms with E-state index in [1.54, 1.807) is 12.1 Å². The molecule has 0 aliphatic heterocycles. The van der Waals surface area contributed by atoms with Crippen LogP contribution in [0.3, 0.4) is 0 Å². The zero-order chi connectivity index (χ0) is 11.7. The van der Waals surface area contributed by atoms with Gasteiger partial charge in [0.15, 0.2) is 0 Å². The normalized spacial score (nSPS) is 11.0. The molecule has 0 saturated carbocycles. The number of hydrogen-bond donors (Lipinski definition) is 1. The van der Waals surface area contributed by atoms with E-state index >= 15 is 0 Å². The molecule has 0 aliphatic rings. The Morgan fingerprint density at radius 2 is 1.88 bits per heavy atom. The lowest BCUT2D eigenvalue weighted by Gasteiger charge is -2.07. The van der Waals surface area contributed by atoms with Gasteiger partial charge in [-0.3, -0.25) is 0 Å². The van der Waals surface area contributed by atoms with Crippen molar-refractivity contribution in [3.05, 3.63) is 41.7 Å². The summed E-state index contributed by atoms with van der Waals surface area (Å²) in [7, 11) is 0. The molecule has 16 heavy (non-hydrogen) atoms. The van der Waals surface area contributed by atoms with Crippen molar-refractivity contribution in [2.75, 3.05) is 5.73 Å². The Labute approximate surface area is 91.5 Å². The van der Waals surface area contributed by atoms with Crippen molar-refractivity contribution in [2.45, 2.75) is 13.3 Å². The summed E-state index contributed by atoms with van der Waals surface area (Å²) in [6.07, 6.45) is -1.40. The number of nitrogen functional groups attached to an aromatic ring is 1. The minimum absolute atomic E-state index is 0.00979. The van der Waals surface area contributed by atoms with Crippen LogP contribution in [-0.2, 0) is 0 Å². The van der Waals surface area contributed by atoms with E-state index in [0.717, 1.165) is 5.56 Å². The summed E-state index contributed by atoms with van der Waals surface area (Å²) in [6, 6.07) is 7.13. The number of rotatable bonds is 2. The van der Waals surface area contributed by atoms with Crippen LogP contribution < -0.4 is 5.73 Å². The quantitative estimate of drug-likeness (QED) is 0.850. The largest absolute Gasteiger partial charge is 0.396 e. The number of alkyl halides is 2. The second-order valence-electron chi connectivity index (χ2n) is 3.53. The Bertz CT molecular complexity index is 488. The fourth-order valence-corrected chi connectivity index (χ4v) is 1.48. The van der Waals surface area contributed by atoms with E-state index in [-0.39, 0.29) is 11.4 Å². The van der Waals surface area contributed by atoms with Crippen molar-refractivity contribution < 1.29 is 8.78 Å². The summed E-state index contributed by atoms with van der Waals surface area (Å²) in [4.78, 5) is 0. The highest BCUT2D eigenvalue weighted by Gasteiger charge is 2.19. The van der Waals surface area contributed by atoms with E-state index in [4.69, 9.17) is 5.73 Å². The minimum Gasteiger partial charge on any atom is -0.396 e. The van der Waals surface area contributed by atoms with Gasteiger partial charge >= 0.3 is 0 Å². The molecule has 2 rings (SSSR count). The smallest absolute Gasteiger partial charge is 0.282 e. The average Bonchev–Trinajstić information content (AvgIpc) is 2.61. The molecular formula is C11H11F2N3. The van der Waals surface area contributed by atoms with Gasteiger partial charge in [0.25, 0.3) is 6.43 Å². The first-order valence-corrected chi connectivity index (χ1v) is 4.78. The van der Waals surface area contributed by atoms with Crippen molar-refractivity contribution >= 4 is 5.69 Å².